The van der Waals surface area contributed by atoms with E-state index in [1.54, 1.807) is 0 Å². The van der Waals surface area contributed by atoms with Crippen molar-refractivity contribution < 1.29 is 4.79 Å². The largest absolute Gasteiger partial charge is 0.339 e. The molecule has 4 nitrogen and oxygen atoms in total. The Morgan fingerprint density at radius 1 is 1.00 bits per heavy atom. The summed E-state index contributed by atoms with van der Waals surface area (Å²) in [4.78, 5) is 21.7. The molecule has 1 amide bonds. The van der Waals surface area contributed by atoms with Crippen LogP contribution in [0.4, 0.5) is 0 Å². The molecule has 0 unspecified atom stereocenters. The Morgan fingerprint density at radius 3 is 2.29 bits per heavy atom. The van der Waals surface area contributed by atoms with Crippen molar-refractivity contribution in [3.8, 4) is 0 Å². The fraction of sp³-hybridized carbons (Fsp3) is 0.400. The zero-order chi connectivity index (χ0) is 17.0. The first-order chi connectivity index (χ1) is 11.6. The van der Waals surface area contributed by atoms with E-state index in [9.17, 15) is 4.79 Å². The number of piperazine rings is 1. The maximum absolute atomic E-state index is 13.0. The molecule has 24 heavy (non-hydrogen) atoms. The molecule has 3 rings (SSSR count). The van der Waals surface area contributed by atoms with Crippen LogP contribution in [0.25, 0.3) is 0 Å². The summed E-state index contributed by atoms with van der Waals surface area (Å²) in [6.07, 6.45) is 1.83. The molecule has 0 N–H and O–H groups in total. The van der Waals surface area contributed by atoms with Gasteiger partial charge in [0.05, 0.1) is 11.1 Å². The van der Waals surface area contributed by atoms with E-state index in [2.05, 4.69) is 16.0 Å². The molecule has 2 heterocycles. The van der Waals surface area contributed by atoms with Crippen LogP contribution in [-0.4, -0.2) is 46.9 Å². The average molecular weight is 323 g/mol. The quantitative estimate of drug-likeness (QED) is 0.868. The smallest absolute Gasteiger partial charge is 0.232 e. The van der Waals surface area contributed by atoms with Gasteiger partial charge in [-0.15, -0.1) is 0 Å². The molecule has 0 spiro atoms. The summed E-state index contributed by atoms with van der Waals surface area (Å²) in [6, 6.07) is 16.1. The number of carbonyl (C=O) groups is 1. The van der Waals surface area contributed by atoms with Gasteiger partial charge in [0, 0.05) is 38.9 Å². The summed E-state index contributed by atoms with van der Waals surface area (Å²) in [7, 11) is 0. The van der Waals surface area contributed by atoms with Gasteiger partial charge in [0.1, 0.15) is 0 Å². The Kier molecular flexibility index (Phi) is 4.95. The van der Waals surface area contributed by atoms with Crippen molar-refractivity contribution in [1.82, 2.24) is 14.8 Å². The van der Waals surface area contributed by atoms with Gasteiger partial charge in [0.25, 0.3) is 0 Å². The lowest BCUT2D eigenvalue weighted by molar-refractivity contribution is -0.138. The van der Waals surface area contributed by atoms with Crippen molar-refractivity contribution in [3.05, 3.63) is 66.0 Å². The highest BCUT2D eigenvalue weighted by Crippen LogP contribution is 2.26. The van der Waals surface area contributed by atoms with Crippen molar-refractivity contribution in [2.75, 3.05) is 26.2 Å². The van der Waals surface area contributed by atoms with Crippen LogP contribution in [0, 0.1) is 0 Å². The number of nitrogens with zero attached hydrogens (tertiary/aromatic N) is 3. The van der Waals surface area contributed by atoms with E-state index in [0.29, 0.717) is 0 Å². The molecular weight excluding hydrogens is 298 g/mol. The van der Waals surface area contributed by atoms with Gasteiger partial charge in [-0.25, -0.2) is 0 Å². The van der Waals surface area contributed by atoms with Gasteiger partial charge < -0.3 is 4.90 Å². The maximum Gasteiger partial charge on any atom is 0.232 e. The lowest BCUT2D eigenvalue weighted by Gasteiger charge is -2.38. The molecule has 1 aromatic heterocycles. The van der Waals surface area contributed by atoms with Crippen molar-refractivity contribution in [2.45, 2.75) is 25.8 Å². The molecule has 2 aromatic rings. The summed E-state index contributed by atoms with van der Waals surface area (Å²) >= 11 is 0. The van der Waals surface area contributed by atoms with Gasteiger partial charge in [-0.3, -0.25) is 14.7 Å². The van der Waals surface area contributed by atoms with Gasteiger partial charge in [-0.2, -0.15) is 0 Å². The Hall–Kier alpha value is -2.20. The van der Waals surface area contributed by atoms with Gasteiger partial charge in [-0.1, -0.05) is 36.4 Å². The van der Waals surface area contributed by atoms with E-state index in [4.69, 9.17) is 0 Å². The zero-order valence-corrected chi connectivity index (χ0v) is 14.5. The molecule has 0 radical (unpaired) electrons. The topological polar surface area (TPSA) is 36.4 Å². The lowest BCUT2D eigenvalue weighted by atomic mass is 9.83. The molecule has 126 valence electrons. The third kappa shape index (κ3) is 3.65. The monoisotopic (exact) mass is 323 g/mol. The van der Waals surface area contributed by atoms with Crippen LogP contribution >= 0.6 is 0 Å². The number of amides is 1. The predicted molar refractivity (Wildman–Crippen MR) is 95.6 cm³/mol. The van der Waals surface area contributed by atoms with Crippen molar-refractivity contribution in [2.24, 2.45) is 0 Å². The van der Waals surface area contributed by atoms with Crippen LogP contribution in [0.1, 0.15) is 25.1 Å². The number of rotatable bonds is 4. The standard InChI is InChI=1S/C20H25N3O/c1-20(2,17-8-4-3-5-9-17)19(24)23-14-12-22(13-15-23)16-18-10-6-7-11-21-18/h3-11H,12-16H2,1-2H3. The van der Waals surface area contributed by atoms with E-state index in [1.807, 2.05) is 67.4 Å². The first-order valence-corrected chi connectivity index (χ1v) is 8.54. The summed E-state index contributed by atoms with van der Waals surface area (Å²) in [6.45, 7) is 8.24. The molecule has 1 aliphatic heterocycles. The minimum Gasteiger partial charge on any atom is -0.339 e. The van der Waals surface area contributed by atoms with Crippen molar-refractivity contribution in [3.63, 3.8) is 0 Å². The summed E-state index contributed by atoms with van der Waals surface area (Å²) < 4.78 is 0. The zero-order valence-electron chi connectivity index (χ0n) is 14.5. The Bertz CT molecular complexity index is 662. The van der Waals surface area contributed by atoms with E-state index in [-0.39, 0.29) is 5.91 Å². The number of pyridine rings is 1. The van der Waals surface area contributed by atoms with Crippen LogP contribution in [0.2, 0.25) is 0 Å². The van der Waals surface area contributed by atoms with Gasteiger partial charge >= 0.3 is 0 Å². The minimum absolute atomic E-state index is 0.214. The highest BCUT2D eigenvalue weighted by Gasteiger charge is 2.34. The summed E-state index contributed by atoms with van der Waals surface area (Å²) in [5, 5.41) is 0. The van der Waals surface area contributed by atoms with Crippen LogP contribution in [-0.2, 0) is 16.8 Å². The summed E-state index contributed by atoms with van der Waals surface area (Å²) in [5.74, 6) is 0.214. The number of aromatic nitrogens is 1. The van der Waals surface area contributed by atoms with Crippen LogP contribution in [0.15, 0.2) is 54.7 Å². The number of hydrogen-bond donors (Lipinski definition) is 0. The van der Waals surface area contributed by atoms with E-state index in [0.717, 1.165) is 44.0 Å². The maximum atomic E-state index is 13.0. The summed E-state index contributed by atoms with van der Waals surface area (Å²) in [5.41, 5.74) is 1.68. The Balaban J connectivity index is 1.59. The number of hydrogen-bond acceptors (Lipinski definition) is 3. The second kappa shape index (κ2) is 7.14. The van der Waals surface area contributed by atoms with Crippen LogP contribution in [0.5, 0.6) is 0 Å². The van der Waals surface area contributed by atoms with Gasteiger partial charge in [-0.05, 0) is 31.5 Å². The van der Waals surface area contributed by atoms with Crippen molar-refractivity contribution in [1.29, 1.82) is 0 Å². The fourth-order valence-electron chi connectivity index (χ4n) is 3.20. The highest BCUT2D eigenvalue weighted by atomic mass is 16.2. The first kappa shape index (κ1) is 16.7. The SMILES string of the molecule is CC(C)(C(=O)N1CCN(Cc2ccccn2)CC1)c1ccccc1. The third-order valence-electron chi connectivity index (χ3n) is 4.80. The molecule has 0 aliphatic carbocycles. The minimum atomic E-state index is -0.482. The molecule has 1 aliphatic rings. The Morgan fingerprint density at radius 2 is 1.67 bits per heavy atom. The Labute approximate surface area is 144 Å². The molecule has 0 saturated carbocycles. The predicted octanol–water partition coefficient (Wildman–Crippen LogP) is 2.70. The lowest BCUT2D eigenvalue weighted by Crippen LogP contribution is -2.52. The number of carbonyl (C=O) groups excluding carboxylic acids is 1. The third-order valence-corrected chi connectivity index (χ3v) is 4.80. The molecule has 0 atom stereocenters. The van der Waals surface area contributed by atoms with Crippen LogP contribution in [0.3, 0.4) is 0 Å². The number of benzene rings is 1. The molecule has 0 bridgehead atoms. The van der Waals surface area contributed by atoms with Gasteiger partial charge in [0.2, 0.25) is 5.91 Å². The first-order valence-electron chi connectivity index (χ1n) is 8.54. The molecule has 1 saturated heterocycles. The van der Waals surface area contributed by atoms with Crippen molar-refractivity contribution >= 4 is 5.91 Å². The van der Waals surface area contributed by atoms with Crippen LogP contribution < -0.4 is 0 Å². The van der Waals surface area contributed by atoms with Gasteiger partial charge in [0.15, 0.2) is 0 Å². The molecular formula is C20H25N3O. The highest BCUT2D eigenvalue weighted by molar-refractivity contribution is 5.87. The van der Waals surface area contributed by atoms with E-state index < -0.39 is 5.41 Å². The second-order valence-electron chi connectivity index (χ2n) is 6.88. The average Bonchev–Trinajstić information content (AvgIpc) is 2.63. The molecule has 4 heteroatoms. The molecule has 1 fully saturated rings. The normalized spacial score (nSPS) is 16.2. The second-order valence-corrected chi connectivity index (χ2v) is 6.88. The fourth-order valence-corrected chi connectivity index (χ4v) is 3.20. The van der Waals surface area contributed by atoms with E-state index in [1.165, 1.54) is 0 Å². The molecule has 1 aromatic carbocycles. The van der Waals surface area contributed by atoms with E-state index >= 15 is 0 Å².